The summed E-state index contributed by atoms with van der Waals surface area (Å²) in [5.41, 5.74) is 6.00. The third-order valence-corrected chi connectivity index (χ3v) is 7.08. The van der Waals surface area contributed by atoms with Crippen molar-refractivity contribution in [1.29, 1.82) is 0 Å². The molecule has 2 aromatic heterocycles. The van der Waals surface area contributed by atoms with Gasteiger partial charge in [0.05, 0.1) is 25.8 Å². The molecular formula is C31H31N5O3S. The molecule has 0 saturated carbocycles. The van der Waals surface area contributed by atoms with Gasteiger partial charge < -0.3 is 19.4 Å². The van der Waals surface area contributed by atoms with Crippen molar-refractivity contribution in [3.05, 3.63) is 107 Å². The maximum atomic E-state index is 13.0. The molecule has 3 aromatic carbocycles. The zero-order valence-electron chi connectivity index (χ0n) is 22.5. The van der Waals surface area contributed by atoms with E-state index in [-0.39, 0.29) is 5.78 Å². The van der Waals surface area contributed by atoms with Gasteiger partial charge in [-0.25, -0.2) is 0 Å². The number of hydrogen-bond acceptors (Lipinski definition) is 6. The minimum absolute atomic E-state index is 0.0446. The predicted molar refractivity (Wildman–Crippen MR) is 161 cm³/mol. The number of hydrogen-bond donors (Lipinski definition) is 2. The van der Waals surface area contributed by atoms with Gasteiger partial charge in [0, 0.05) is 28.8 Å². The van der Waals surface area contributed by atoms with Crippen LogP contribution < -0.4 is 10.1 Å². The Morgan fingerprint density at radius 3 is 2.70 bits per heavy atom. The van der Waals surface area contributed by atoms with E-state index in [4.69, 9.17) is 21.7 Å². The molecule has 0 amide bonds. The van der Waals surface area contributed by atoms with E-state index in [1.807, 2.05) is 66.7 Å². The van der Waals surface area contributed by atoms with Crippen molar-refractivity contribution in [3.8, 4) is 11.4 Å². The average Bonchev–Trinajstić information content (AvgIpc) is 3.53. The SMILES string of the molecule is COc1ccc(/C=C\C(=O)Cc2c(C)c3ccccc3n2CCOCNc2cccc(-n3cn[nH]c3=S)c2)cc1. The summed E-state index contributed by atoms with van der Waals surface area (Å²) in [5, 5.41) is 11.2. The molecule has 0 radical (unpaired) electrons. The third kappa shape index (κ3) is 6.22. The summed E-state index contributed by atoms with van der Waals surface area (Å²) in [6.45, 7) is 3.54. The predicted octanol–water partition coefficient (Wildman–Crippen LogP) is 6.11. The number of carbonyl (C=O) groups is 1. The fourth-order valence-corrected chi connectivity index (χ4v) is 4.91. The molecule has 0 aliphatic heterocycles. The van der Waals surface area contributed by atoms with E-state index in [0.29, 0.717) is 31.1 Å². The lowest BCUT2D eigenvalue weighted by atomic mass is 10.1. The number of benzene rings is 3. The van der Waals surface area contributed by atoms with Gasteiger partial charge in [0.15, 0.2) is 10.6 Å². The minimum Gasteiger partial charge on any atom is -0.497 e. The first-order chi connectivity index (χ1) is 19.5. The summed E-state index contributed by atoms with van der Waals surface area (Å²) in [7, 11) is 1.64. The monoisotopic (exact) mass is 553 g/mol. The molecule has 8 nitrogen and oxygen atoms in total. The van der Waals surface area contributed by atoms with Gasteiger partial charge in [-0.15, -0.1) is 0 Å². The first-order valence-corrected chi connectivity index (χ1v) is 13.4. The first kappa shape index (κ1) is 27.1. The number of rotatable bonds is 12. The Bertz CT molecular complexity index is 1700. The molecule has 0 atom stereocenters. The molecule has 5 rings (SSSR count). The van der Waals surface area contributed by atoms with Crippen LogP contribution in [0, 0.1) is 11.7 Å². The summed E-state index contributed by atoms with van der Waals surface area (Å²) in [6.07, 6.45) is 5.45. The fourth-order valence-electron chi connectivity index (χ4n) is 4.70. The van der Waals surface area contributed by atoms with Crippen LogP contribution in [0.4, 0.5) is 5.69 Å². The normalized spacial score (nSPS) is 11.3. The zero-order chi connectivity index (χ0) is 27.9. The molecule has 0 unspecified atom stereocenters. The first-order valence-electron chi connectivity index (χ1n) is 13.0. The lowest BCUT2D eigenvalue weighted by molar-refractivity contribution is -0.114. The molecule has 0 spiro atoms. The van der Waals surface area contributed by atoms with Crippen LogP contribution in [0.25, 0.3) is 22.7 Å². The summed E-state index contributed by atoms with van der Waals surface area (Å²) in [6, 6.07) is 23.7. The quantitative estimate of drug-likeness (QED) is 0.0839. The average molecular weight is 554 g/mol. The van der Waals surface area contributed by atoms with Gasteiger partial charge in [0.25, 0.3) is 0 Å². The number of ketones is 1. The lowest BCUT2D eigenvalue weighted by Gasteiger charge is -2.13. The highest BCUT2D eigenvalue weighted by atomic mass is 32.1. The molecule has 0 bridgehead atoms. The van der Waals surface area contributed by atoms with Gasteiger partial charge in [-0.2, -0.15) is 5.10 Å². The summed E-state index contributed by atoms with van der Waals surface area (Å²) >= 11 is 5.26. The molecule has 0 aliphatic carbocycles. The summed E-state index contributed by atoms with van der Waals surface area (Å²) in [4.78, 5) is 13.0. The standard InChI is InChI=1S/C31H31N5O3S/c1-22-28-8-3-4-9-29(28)35(30(22)19-26(37)13-10-23-11-14-27(38-2)15-12-23)16-17-39-21-32-24-6-5-7-25(18-24)36-20-33-34-31(36)40/h3-15,18,20,32H,16-17,19,21H2,1-2H3,(H,34,40)/b13-10-. The van der Waals surface area contributed by atoms with Crippen molar-refractivity contribution in [2.45, 2.75) is 19.9 Å². The number of carbonyl (C=O) groups excluding carboxylic acids is 1. The van der Waals surface area contributed by atoms with Gasteiger partial charge >= 0.3 is 0 Å². The van der Waals surface area contributed by atoms with Gasteiger partial charge in [0.2, 0.25) is 0 Å². The Kier molecular flexibility index (Phi) is 8.53. The van der Waals surface area contributed by atoms with Crippen molar-refractivity contribution < 1.29 is 14.3 Å². The summed E-state index contributed by atoms with van der Waals surface area (Å²) < 4.78 is 15.7. The lowest BCUT2D eigenvalue weighted by Crippen LogP contribution is -2.14. The highest BCUT2D eigenvalue weighted by Gasteiger charge is 2.16. The Labute approximate surface area is 237 Å². The molecule has 0 aliphatic rings. The Morgan fingerprint density at radius 2 is 1.93 bits per heavy atom. The number of anilines is 1. The molecule has 0 fully saturated rings. The number of para-hydroxylation sites is 1. The second kappa shape index (κ2) is 12.6. The highest BCUT2D eigenvalue weighted by Crippen LogP contribution is 2.26. The van der Waals surface area contributed by atoms with Crippen molar-refractivity contribution in [1.82, 2.24) is 19.3 Å². The van der Waals surface area contributed by atoms with Crippen LogP contribution >= 0.6 is 12.2 Å². The molecule has 204 valence electrons. The van der Waals surface area contributed by atoms with Crippen molar-refractivity contribution in [2.24, 2.45) is 0 Å². The zero-order valence-corrected chi connectivity index (χ0v) is 23.3. The van der Waals surface area contributed by atoms with E-state index in [1.165, 1.54) is 0 Å². The molecular weight excluding hydrogens is 522 g/mol. The Hall–Kier alpha value is -4.47. The Balaban J connectivity index is 1.22. The van der Waals surface area contributed by atoms with Gasteiger partial charge in [0.1, 0.15) is 18.8 Å². The van der Waals surface area contributed by atoms with E-state index in [9.17, 15) is 4.79 Å². The maximum Gasteiger partial charge on any atom is 0.199 e. The number of aryl methyl sites for hydroxylation is 1. The molecule has 0 saturated heterocycles. The van der Waals surface area contributed by atoms with E-state index in [1.54, 1.807) is 24.1 Å². The summed E-state index contributed by atoms with van der Waals surface area (Å²) in [5.74, 6) is 0.831. The number of fused-ring (bicyclic) bond motifs is 1. The van der Waals surface area contributed by atoms with Crippen molar-refractivity contribution in [3.63, 3.8) is 0 Å². The van der Waals surface area contributed by atoms with E-state index in [0.717, 1.165) is 44.8 Å². The molecule has 5 aromatic rings. The topological polar surface area (TPSA) is 86.1 Å². The largest absolute Gasteiger partial charge is 0.497 e. The minimum atomic E-state index is 0.0446. The molecule has 2 N–H and O–H groups in total. The van der Waals surface area contributed by atoms with E-state index < -0.39 is 0 Å². The van der Waals surface area contributed by atoms with E-state index in [2.05, 4.69) is 39.1 Å². The highest BCUT2D eigenvalue weighted by molar-refractivity contribution is 7.71. The molecule has 40 heavy (non-hydrogen) atoms. The number of allylic oxidation sites excluding steroid dienone is 1. The van der Waals surface area contributed by atoms with E-state index >= 15 is 0 Å². The number of nitrogens with one attached hydrogen (secondary N) is 2. The number of aromatic amines is 1. The van der Waals surface area contributed by atoms with Crippen LogP contribution in [0.2, 0.25) is 0 Å². The van der Waals surface area contributed by atoms with Crippen LogP contribution in [0.5, 0.6) is 5.75 Å². The number of ether oxygens (including phenoxy) is 2. The second-order valence-electron chi connectivity index (χ2n) is 9.30. The van der Waals surface area contributed by atoms with Crippen LogP contribution in [-0.4, -0.2) is 45.6 Å². The van der Waals surface area contributed by atoms with Gasteiger partial charge in [-0.3, -0.25) is 14.5 Å². The van der Waals surface area contributed by atoms with Crippen LogP contribution in [0.15, 0.2) is 85.2 Å². The molecule has 9 heteroatoms. The van der Waals surface area contributed by atoms with Gasteiger partial charge in [-0.1, -0.05) is 42.5 Å². The Morgan fingerprint density at radius 1 is 1.10 bits per heavy atom. The third-order valence-electron chi connectivity index (χ3n) is 6.79. The second-order valence-corrected chi connectivity index (χ2v) is 9.69. The van der Waals surface area contributed by atoms with Gasteiger partial charge in [-0.05, 0) is 72.7 Å². The number of aromatic nitrogens is 4. The smallest absolute Gasteiger partial charge is 0.199 e. The van der Waals surface area contributed by atoms with Crippen LogP contribution in [0.1, 0.15) is 16.8 Å². The van der Waals surface area contributed by atoms with Crippen molar-refractivity contribution in [2.75, 3.05) is 25.8 Å². The molecule has 2 heterocycles. The van der Waals surface area contributed by atoms with Crippen LogP contribution in [0.3, 0.4) is 0 Å². The van der Waals surface area contributed by atoms with Crippen molar-refractivity contribution >= 4 is 40.7 Å². The number of nitrogens with zero attached hydrogens (tertiary/aromatic N) is 3. The number of methoxy groups -OCH3 is 1. The fraction of sp³-hybridized carbons (Fsp3) is 0.194. The van der Waals surface area contributed by atoms with Crippen LogP contribution in [-0.2, 0) is 22.5 Å². The number of H-pyrrole nitrogens is 1. The maximum absolute atomic E-state index is 13.0.